The zero-order valence-corrected chi connectivity index (χ0v) is 14.0. The average Bonchev–Trinajstić information content (AvgIpc) is 3.05. The van der Waals surface area contributed by atoms with E-state index in [-0.39, 0.29) is 5.91 Å². The van der Waals surface area contributed by atoms with Crippen LogP contribution in [0.2, 0.25) is 0 Å². The molecule has 0 bridgehead atoms. The van der Waals surface area contributed by atoms with E-state index in [1.807, 2.05) is 24.0 Å². The normalized spacial score (nSPS) is 15.4. The minimum atomic E-state index is 0.0229. The topological polar surface area (TPSA) is 58.1 Å². The van der Waals surface area contributed by atoms with Crippen LogP contribution in [0, 0.1) is 6.92 Å². The maximum Gasteiger partial charge on any atom is 0.245 e. The Hall–Kier alpha value is -2.21. The van der Waals surface area contributed by atoms with E-state index in [0.29, 0.717) is 5.92 Å². The number of aromatic nitrogens is 2. The van der Waals surface area contributed by atoms with Gasteiger partial charge in [0.2, 0.25) is 5.91 Å². The lowest BCUT2D eigenvalue weighted by Gasteiger charge is -2.30. The molecule has 0 aromatic carbocycles. The Bertz CT molecular complexity index is 704. The molecule has 0 spiro atoms. The lowest BCUT2D eigenvalue weighted by Crippen LogP contribution is -2.36. The van der Waals surface area contributed by atoms with Crippen LogP contribution in [0.5, 0.6) is 0 Å². The lowest BCUT2D eigenvalue weighted by molar-refractivity contribution is -0.127. The van der Waals surface area contributed by atoms with Crippen LogP contribution < -0.4 is 5.32 Å². The molecule has 3 heterocycles. The highest BCUT2D eigenvalue weighted by Gasteiger charge is 2.24. The number of aryl methyl sites for hydroxylation is 1. The van der Waals surface area contributed by atoms with E-state index in [0.717, 1.165) is 48.1 Å². The predicted octanol–water partition coefficient (Wildman–Crippen LogP) is 3.48. The van der Waals surface area contributed by atoms with Crippen molar-refractivity contribution in [2.75, 3.05) is 18.4 Å². The molecule has 3 rings (SSSR count). The molecule has 2 aromatic heterocycles. The minimum Gasteiger partial charge on any atom is -0.339 e. The summed E-state index contributed by atoms with van der Waals surface area (Å²) in [5.74, 6) is 1.29. The molecular weight excluding hydrogens is 308 g/mol. The molecule has 1 saturated heterocycles. The summed E-state index contributed by atoms with van der Waals surface area (Å²) < 4.78 is 0. The molecule has 1 amide bonds. The maximum atomic E-state index is 11.6. The van der Waals surface area contributed by atoms with Crippen molar-refractivity contribution in [2.24, 2.45) is 0 Å². The number of hydrogen-bond donors (Lipinski definition) is 1. The zero-order valence-electron chi connectivity index (χ0n) is 13.2. The Morgan fingerprint density at radius 3 is 2.96 bits per heavy atom. The molecule has 5 nitrogen and oxygen atoms in total. The van der Waals surface area contributed by atoms with E-state index in [1.54, 1.807) is 17.5 Å². The molecule has 6 heteroatoms. The third-order valence-electron chi connectivity index (χ3n) is 4.16. The smallest absolute Gasteiger partial charge is 0.245 e. The second-order valence-corrected chi connectivity index (χ2v) is 6.53. The molecule has 1 N–H and O–H groups in total. The molecule has 1 aliphatic rings. The van der Waals surface area contributed by atoms with Crippen LogP contribution in [0.1, 0.15) is 30.0 Å². The highest BCUT2D eigenvalue weighted by atomic mass is 32.1. The monoisotopic (exact) mass is 328 g/mol. The van der Waals surface area contributed by atoms with Gasteiger partial charge >= 0.3 is 0 Å². The summed E-state index contributed by atoms with van der Waals surface area (Å²) in [5.41, 5.74) is 2.21. The van der Waals surface area contributed by atoms with Gasteiger partial charge in [-0.1, -0.05) is 12.6 Å². The number of nitrogens with one attached hydrogen (secondary N) is 1. The van der Waals surface area contributed by atoms with Crippen molar-refractivity contribution in [3.8, 4) is 0 Å². The number of anilines is 2. The lowest BCUT2D eigenvalue weighted by atomic mass is 9.94. The van der Waals surface area contributed by atoms with Gasteiger partial charge in [0.25, 0.3) is 0 Å². The van der Waals surface area contributed by atoms with Crippen LogP contribution in [-0.4, -0.2) is 33.9 Å². The summed E-state index contributed by atoms with van der Waals surface area (Å²) >= 11 is 1.60. The van der Waals surface area contributed by atoms with Gasteiger partial charge in [0.1, 0.15) is 5.82 Å². The second kappa shape index (κ2) is 6.91. The van der Waals surface area contributed by atoms with E-state index in [4.69, 9.17) is 4.98 Å². The van der Waals surface area contributed by atoms with Crippen molar-refractivity contribution in [3.63, 3.8) is 0 Å². The van der Waals surface area contributed by atoms with Crippen LogP contribution in [0.4, 0.5) is 10.9 Å². The van der Waals surface area contributed by atoms with Crippen molar-refractivity contribution in [1.82, 2.24) is 14.9 Å². The summed E-state index contributed by atoms with van der Waals surface area (Å²) in [5, 5.41) is 6.26. The fourth-order valence-electron chi connectivity index (χ4n) is 2.77. The zero-order chi connectivity index (χ0) is 16.2. The molecular formula is C17H20N4OS. The second-order valence-electron chi connectivity index (χ2n) is 5.68. The van der Waals surface area contributed by atoms with Gasteiger partial charge in [-0.2, -0.15) is 0 Å². The number of carbonyl (C=O) groups is 1. The highest BCUT2D eigenvalue weighted by molar-refractivity contribution is 7.13. The molecule has 0 radical (unpaired) electrons. The van der Waals surface area contributed by atoms with Gasteiger partial charge in [-0.3, -0.25) is 4.79 Å². The van der Waals surface area contributed by atoms with Crippen LogP contribution in [-0.2, 0) is 4.79 Å². The standard InChI is InChI=1S/C17H20N4OS/c1-3-15(22)21-9-6-13(7-10-21)14-11-23-17(19-14)20-16-12(2)5-4-8-18-16/h3-5,8,11,13H,1,6-7,9-10H2,2H3,(H,18,19,20). The van der Waals surface area contributed by atoms with Crippen molar-refractivity contribution in [3.05, 3.63) is 47.6 Å². The Kier molecular flexibility index (Phi) is 4.71. The van der Waals surface area contributed by atoms with Gasteiger partial charge in [-0.25, -0.2) is 9.97 Å². The summed E-state index contributed by atoms with van der Waals surface area (Å²) in [7, 11) is 0. The van der Waals surface area contributed by atoms with E-state index in [2.05, 4.69) is 22.3 Å². The quantitative estimate of drug-likeness (QED) is 0.873. The first-order valence-corrected chi connectivity index (χ1v) is 8.60. The average molecular weight is 328 g/mol. The summed E-state index contributed by atoms with van der Waals surface area (Å²) in [6, 6.07) is 3.95. The Morgan fingerprint density at radius 1 is 1.48 bits per heavy atom. The van der Waals surface area contributed by atoms with Gasteiger partial charge in [-0.05, 0) is 37.5 Å². The van der Waals surface area contributed by atoms with E-state index >= 15 is 0 Å². The molecule has 1 fully saturated rings. The Labute approximate surface area is 140 Å². The minimum absolute atomic E-state index is 0.0229. The van der Waals surface area contributed by atoms with E-state index in [1.165, 1.54) is 6.08 Å². The number of amides is 1. The Morgan fingerprint density at radius 2 is 2.26 bits per heavy atom. The fourth-order valence-corrected chi connectivity index (χ4v) is 3.56. The van der Waals surface area contributed by atoms with Crippen LogP contribution in [0.15, 0.2) is 36.4 Å². The summed E-state index contributed by atoms with van der Waals surface area (Å²) in [6.45, 7) is 7.12. The molecule has 0 saturated carbocycles. The van der Waals surface area contributed by atoms with Gasteiger partial charge in [0, 0.05) is 30.6 Å². The third-order valence-corrected chi connectivity index (χ3v) is 4.93. The molecule has 23 heavy (non-hydrogen) atoms. The van der Waals surface area contributed by atoms with Gasteiger partial charge in [-0.15, -0.1) is 11.3 Å². The largest absolute Gasteiger partial charge is 0.339 e. The number of thiazole rings is 1. The van der Waals surface area contributed by atoms with Gasteiger partial charge in [0.15, 0.2) is 5.13 Å². The number of nitrogens with zero attached hydrogens (tertiary/aromatic N) is 3. The van der Waals surface area contributed by atoms with Crippen LogP contribution in [0.3, 0.4) is 0 Å². The van der Waals surface area contributed by atoms with E-state index in [9.17, 15) is 4.79 Å². The summed E-state index contributed by atoms with van der Waals surface area (Å²) in [6.07, 6.45) is 5.06. The number of hydrogen-bond acceptors (Lipinski definition) is 5. The van der Waals surface area contributed by atoms with Crippen molar-refractivity contribution in [1.29, 1.82) is 0 Å². The first kappa shape index (κ1) is 15.7. The molecule has 0 unspecified atom stereocenters. The van der Waals surface area contributed by atoms with Crippen LogP contribution >= 0.6 is 11.3 Å². The number of likely N-dealkylation sites (tertiary alicyclic amines) is 1. The molecule has 0 aliphatic carbocycles. The first-order chi connectivity index (χ1) is 11.2. The van der Waals surface area contributed by atoms with Crippen molar-refractivity contribution < 1.29 is 4.79 Å². The van der Waals surface area contributed by atoms with Gasteiger partial charge in [0.05, 0.1) is 5.69 Å². The highest BCUT2D eigenvalue weighted by Crippen LogP contribution is 2.31. The molecule has 2 aromatic rings. The van der Waals surface area contributed by atoms with Gasteiger partial charge < -0.3 is 10.2 Å². The summed E-state index contributed by atoms with van der Waals surface area (Å²) in [4.78, 5) is 22.5. The van der Waals surface area contributed by atoms with Crippen molar-refractivity contribution >= 4 is 28.2 Å². The number of piperidine rings is 1. The first-order valence-electron chi connectivity index (χ1n) is 7.73. The number of carbonyl (C=O) groups excluding carboxylic acids is 1. The van der Waals surface area contributed by atoms with Crippen molar-refractivity contribution in [2.45, 2.75) is 25.7 Å². The SMILES string of the molecule is C=CC(=O)N1CCC(c2csc(Nc3ncccc3C)n2)CC1. The predicted molar refractivity (Wildman–Crippen MR) is 93.1 cm³/mol. The molecule has 1 aliphatic heterocycles. The number of rotatable bonds is 4. The maximum absolute atomic E-state index is 11.6. The molecule has 0 atom stereocenters. The molecule has 120 valence electrons. The fraction of sp³-hybridized carbons (Fsp3) is 0.353. The Balaban J connectivity index is 1.63. The number of pyridine rings is 1. The van der Waals surface area contributed by atoms with Crippen LogP contribution in [0.25, 0.3) is 0 Å². The van der Waals surface area contributed by atoms with E-state index < -0.39 is 0 Å². The third kappa shape index (κ3) is 3.59.